The van der Waals surface area contributed by atoms with E-state index in [1.807, 2.05) is 0 Å². The second kappa shape index (κ2) is 8.93. The molecular weight excluding hydrogens is 202 g/mol. The van der Waals surface area contributed by atoms with Crippen LogP contribution in [0.2, 0.25) is 0 Å². The van der Waals surface area contributed by atoms with Gasteiger partial charge in [-0.1, -0.05) is 0 Å². The Kier molecular flexibility index (Phi) is 7.76. The van der Waals surface area contributed by atoms with E-state index in [9.17, 15) is 0 Å². The Morgan fingerprint density at radius 1 is 1.12 bits per heavy atom. The third kappa shape index (κ3) is 6.43. The largest absolute Gasteiger partial charge is 0.385 e. The molecule has 1 saturated heterocycles. The minimum absolute atomic E-state index is 0.863. The van der Waals surface area contributed by atoms with Crippen molar-refractivity contribution in [2.45, 2.75) is 12.8 Å². The van der Waals surface area contributed by atoms with Gasteiger partial charge in [0.2, 0.25) is 0 Å². The molecule has 1 fully saturated rings. The second-order valence-corrected chi connectivity index (χ2v) is 4.59. The number of ether oxygens (including phenoxy) is 1. The summed E-state index contributed by atoms with van der Waals surface area (Å²) in [5.41, 5.74) is 0. The van der Waals surface area contributed by atoms with Crippen LogP contribution in [0.1, 0.15) is 12.8 Å². The fourth-order valence-corrected chi connectivity index (χ4v) is 2.03. The Morgan fingerprint density at radius 3 is 2.81 bits per heavy atom. The summed E-state index contributed by atoms with van der Waals surface area (Å²) in [6.07, 6.45) is 2.42. The molecule has 0 aromatic rings. The highest BCUT2D eigenvalue weighted by atomic mass is 16.5. The summed E-state index contributed by atoms with van der Waals surface area (Å²) in [5, 5.41) is 3.46. The summed E-state index contributed by atoms with van der Waals surface area (Å²) in [4.78, 5) is 4.98. The molecule has 0 unspecified atom stereocenters. The lowest BCUT2D eigenvalue weighted by atomic mass is 10.4. The van der Waals surface area contributed by atoms with E-state index >= 15 is 0 Å². The van der Waals surface area contributed by atoms with Crippen LogP contribution in [0.4, 0.5) is 0 Å². The van der Waals surface area contributed by atoms with Crippen LogP contribution < -0.4 is 5.32 Å². The van der Waals surface area contributed by atoms with Gasteiger partial charge >= 0.3 is 0 Å². The summed E-state index contributed by atoms with van der Waals surface area (Å²) >= 11 is 0. The van der Waals surface area contributed by atoms with Gasteiger partial charge in [0, 0.05) is 39.9 Å². The fraction of sp³-hybridized carbons (Fsp3) is 1.00. The van der Waals surface area contributed by atoms with Crippen LogP contribution in [0.3, 0.4) is 0 Å². The zero-order valence-electron chi connectivity index (χ0n) is 10.9. The summed E-state index contributed by atoms with van der Waals surface area (Å²) in [6.45, 7) is 9.15. The molecule has 16 heavy (non-hydrogen) atoms. The zero-order valence-corrected chi connectivity index (χ0v) is 10.9. The number of methoxy groups -OCH3 is 1. The van der Waals surface area contributed by atoms with Crippen molar-refractivity contribution >= 4 is 0 Å². The summed E-state index contributed by atoms with van der Waals surface area (Å²) < 4.78 is 5.01. The molecular formula is C12H27N3O. The van der Waals surface area contributed by atoms with Gasteiger partial charge in [0.25, 0.3) is 0 Å². The minimum atomic E-state index is 0.863. The molecule has 1 aliphatic rings. The van der Waals surface area contributed by atoms with Crippen LogP contribution in [0.15, 0.2) is 0 Å². The van der Waals surface area contributed by atoms with Gasteiger partial charge in [0.05, 0.1) is 0 Å². The molecule has 1 heterocycles. The van der Waals surface area contributed by atoms with Crippen molar-refractivity contribution in [2.75, 3.05) is 66.6 Å². The second-order valence-electron chi connectivity index (χ2n) is 4.59. The average Bonchev–Trinajstić information content (AvgIpc) is 2.49. The molecule has 4 nitrogen and oxygen atoms in total. The van der Waals surface area contributed by atoms with E-state index in [0.29, 0.717) is 0 Å². The predicted octanol–water partition coefficient (Wildman–Crippen LogP) is 0.250. The number of rotatable bonds is 7. The van der Waals surface area contributed by atoms with Crippen molar-refractivity contribution in [1.29, 1.82) is 0 Å². The van der Waals surface area contributed by atoms with E-state index in [-0.39, 0.29) is 0 Å². The van der Waals surface area contributed by atoms with Crippen molar-refractivity contribution < 1.29 is 4.74 Å². The van der Waals surface area contributed by atoms with E-state index in [0.717, 1.165) is 26.1 Å². The Bertz CT molecular complexity index is 166. The molecule has 0 aliphatic carbocycles. The van der Waals surface area contributed by atoms with Crippen molar-refractivity contribution in [2.24, 2.45) is 0 Å². The minimum Gasteiger partial charge on any atom is -0.385 e. The van der Waals surface area contributed by atoms with Crippen LogP contribution in [0, 0.1) is 0 Å². The third-order valence-corrected chi connectivity index (χ3v) is 3.12. The molecule has 0 radical (unpaired) electrons. The van der Waals surface area contributed by atoms with Gasteiger partial charge in [0.15, 0.2) is 0 Å². The molecule has 0 spiro atoms. The standard InChI is InChI=1S/C12H27N3O/c1-14-7-4-8-15(11-10-14)9-6-13-5-3-12-16-2/h13H,3-12H2,1-2H3. The molecule has 0 saturated carbocycles. The topological polar surface area (TPSA) is 27.7 Å². The normalized spacial score (nSPS) is 19.9. The lowest BCUT2D eigenvalue weighted by Gasteiger charge is -2.20. The van der Waals surface area contributed by atoms with Crippen molar-refractivity contribution in [3.63, 3.8) is 0 Å². The van der Waals surface area contributed by atoms with E-state index in [4.69, 9.17) is 4.74 Å². The molecule has 1 aliphatic heterocycles. The maximum atomic E-state index is 5.01. The van der Waals surface area contributed by atoms with Gasteiger partial charge in [-0.05, 0) is 39.5 Å². The number of nitrogens with zero attached hydrogens (tertiary/aromatic N) is 2. The van der Waals surface area contributed by atoms with Gasteiger partial charge in [0.1, 0.15) is 0 Å². The van der Waals surface area contributed by atoms with E-state index in [1.165, 1.54) is 39.1 Å². The van der Waals surface area contributed by atoms with Gasteiger partial charge in [-0.3, -0.25) is 0 Å². The Labute approximate surface area is 99.9 Å². The lowest BCUT2D eigenvalue weighted by Crippen LogP contribution is -2.35. The van der Waals surface area contributed by atoms with Crippen molar-refractivity contribution in [3.05, 3.63) is 0 Å². The fourth-order valence-electron chi connectivity index (χ4n) is 2.03. The Balaban J connectivity index is 1.95. The molecule has 0 bridgehead atoms. The first-order valence-electron chi connectivity index (χ1n) is 6.43. The number of nitrogens with one attached hydrogen (secondary N) is 1. The molecule has 0 aromatic carbocycles. The van der Waals surface area contributed by atoms with Crippen LogP contribution in [0.25, 0.3) is 0 Å². The first-order chi connectivity index (χ1) is 7.83. The van der Waals surface area contributed by atoms with Crippen LogP contribution in [-0.2, 0) is 4.74 Å². The number of likely N-dealkylation sites (N-methyl/N-ethyl adjacent to an activating group) is 1. The highest BCUT2D eigenvalue weighted by Crippen LogP contribution is 1.99. The molecule has 4 heteroatoms. The van der Waals surface area contributed by atoms with Crippen LogP contribution >= 0.6 is 0 Å². The summed E-state index contributed by atoms with van der Waals surface area (Å²) in [7, 11) is 3.97. The first kappa shape index (κ1) is 13.9. The zero-order chi connectivity index (χ0) is 11.6. The number of hydrogen-bond acceptors (Lipinski definition) is 4. The van der Waals surface area contributed by atoms with Crippen LogP contribution in [-0.4, -0.2) is 76.4 Å². The van der Waals surface area contributed by atoms with Crippen molar-refractivity contribution in [1.82, 2.24) is 15.1 Å². The molecule has 96 valence electrons. The van der Waals surface area contributed by atoms with E-state index in [1.54, 1.807) is 7.11 Å². The Morgan fingerprint density at radius 2 is 2.00 bits per heavy atom. The number of hydrogen-bond donors (Lipinski definition) is 1. The monoisotopic (exact) mass is 229 g/mol. The highest BCUT2D eigenvalue weighted by Gasteiger charge is 2.10. The predicted molar refractivity (Wildman–Crippen MR) is 67.9 cm³/mol. The first-order valence-corrected chi connectivity index (χ1v) is 6.43. The average molecular weight is 229 g/mol. The molecule has 1 N–H and O–H groups in total. The van der Waals surface area contributed by atoms with Gasteiger partial charge < -0.3 is 19.9 Å². The smallest absolute Gasteiger partial charge is 0.0474 e. The molecule has 0 atom stereocenters. The van der Waals surface area contributed by atoms with Gasteiger partial charge in [-0.25, -0.2) is 0 Å². The third-order valence-electron chi connectivity index (χ3n) is 3.12. The SMILES string of the molecule is COCCCNCCN1CCCN(C)CC1. The molecule has 0 amide bonds. The molecule has 1 rings (SSSR count). The maximum Gasteiger partial charge on any atom is 0.0474 e. The van der Waals surface area contributed by atoms with E-state index < -0.39 is 0 Å². The molecule has 0 aromatic heterocycles. The maximum absolute atomic E-state index is 5.01. The lowest BCUT2D eigenvalue weighted by molar-refractivity contribution is 0.193. The summed E-state index contributed by atoms with van der Waals surface area (Å²) in [5.74, 6) is 0. The summed E-state index contributed by atoms with van der Waals surface area (Å²) in [6, 6.07) is 0. The van der Waals surface area contributed by atoms with Crippen molar-refractivity contribution in [3.8, 4) is 0 Å². The highest BCUT2D eigenvalue weighted by molar-refractivity contribution is 4.67. The van der Waals surface area contributed by atoms with Crippen LogP contribution in [0.5, 0.6) is 0 Å². The van der Waals surface area contributed by atoms with Gasteiger partial charge in [-0.15, -0.1) is 0 Å². The quantitative estimate of drug-likeness (QED) is 0.633. The van der Waals surface area contributed by atoms with E-state index in [2.05, 4.69) is 22.2 Å². The van der Waals surface area contributed by atoms with Gasteiger partial charge in [-0.2, -0.15) is 0 Å². The Hall–Kier alpha value is -0.160.